The summed E-state index contributed by atoms with van der Waals surface area (Å²) in [5.74, 6) is -0.511. The van der Waals surface area contributed by atoms with Gasteiger partial charge < -0.3 is 19.9 Å². The maximum atomic E-state index is 12.1. The first-order valence-electron chi connectivity index (χ1n) is 11.1. The van der Waals surface area contributed by atoms with E-state index in [1.165, 1.54) is 0 Å². The molecule has 1 unspecified atom stereocenters. The molecule has 0 bridgehead atoms. The summed E-state index contributed by atoms with van der Waals surface area (Å²) < 4.78 is 12.9. The van der Waals surface area contributed by atoms with Crippen molar-refractivity contribution in [1.29, 1.82) is 0 Å². The second kappa shape index (κ2) is 10.3. The molecule has 2 heterocycles. The number of rotatable bonds is 8. The van der Waals surface area contributed by atoms with Gasteiger partial charge in [0, 0.05) is 7.05 Å². The van der Waals surface area contributed by atoms with Crippen LogP contribution in [0.3, 0.4) is 0 Å². The molecular weight excluding hydrogens is 438 g/mol. The minimum Gasteiger partial charge on any atom is -0.489 e. The molecule has 1 aliphatic rings. The molecule has 2 aromatic heterocycles. The van der Waals surface area contributed by atoms with Crippen molar-refractivity contribution in [1.82, 2.24) is 25.3 Å². The number of carboxylic acid groups (broad SMARTS) is 1. The highest BCUT2D eigenvalue weighted by Gasteiger charge is 2.31. The van der Waals surface area contributed by atoms with Crippen LogP contribution in [0.25, 0.3) is 11.4 Å². The largest absolute Gasteiger partial charge is 0.489 e. The molecule has 1 fully saturated rings. The number of alkyl carbamates (subject to hydrolysis) is 1. The molecule has 1 saturated carbocycles. The summed E-state index contributed by atoms with van der Waals surface area (Å²) in [6, 6.07) is 13.0. The number of aromatic nitrogens is 4. The van der Waals surface area contributed by atoms with E-state index in [-0.39, 0.29) is 25.2 Å². The Balaban J connectivity index is 1.38. The highest BCUT2D eigenvalue weighted by atomic mass is 16.5. The molecule has 0 radical (unpaired) electrons. The number of carboxylic acids is 1. The van der Waals surface area contributed by atoms with Gasteiger partial charge in [0.15, 0.2) is 0 Å². The number of amides is 1. The second-order valence-corrected chi connectivity index (χ2v) is 8.29. The Kier molecular flexibility index (Phi) is 7.05. The van der Waals surface area contributed by atoms with Crippen LogP contribution >= 0.6 is 0 Å². The maximum Gasteiger partial charge on any atom is 0.407 e. The van der Waals surface area contributed by atoms with Crippen LogP contribution in [0, 0.1) is 12.8 Å². The number of hydrogen-bond donors (Lipinski definition) is 2. The first-order chi connectivity index (χ1) is 16.4. The van der Waals surface area contributed by atoms with Gasteiger partial charge in [0.05, 0.1) is 35.6 Å². The van der Waals surface area contributed by atoms with Gasteiger partial charge in [0.1, 0.15) is 18.1 Å². The van der Waals surface area contributed by atoms with Gasteiger partial charge >= 0.3 is 12.1 Å². The Labute approximate surface area is 196 Å². The zero-order chi connectivity index (χ0) is 24.1. The van der Waals surface area contributed by atoms with E-state index >= 15 is 0 Å². The van der Waals surface area contributed by atoms with E-state index in [0.717, 1.165) is 5.56 Å². The van der Waals surface area contributed by atoms with E-state index in [9.17, 15) is 14.7 Å². The lowest BCUT2D eigenvalue weighted by Gasteiger charge is -2.15. The summed E-state index contributed by atoms with van der Waals surface area (Å²) >= 11 is 0. The molecule has 4 rings (SSSR count). The van der Waals surface area contributed by atoms with Gasteiger partial charge in [0.25, 0.3) is 0 Å². The smallest absolute Gasteiger partial charge is 0.407 e. The van der Waals surface area contributed by atoms with E-state index in [4.69, 9.17) is 9.47 Å². The van der Waals surface area contributed by atoms with Gasteiger partial charge in [-0.05, 0) is 43.9 Å². The minimum absolute atomic E-state index is 0.134. The number of hydrogen-bond acceptors (Lipinski definition) is 7. The summed E-state index contributed by atoms with van der Waals surface area (Å²) in [4.78, 5) is 27.9. The van der Waals surface area contributed by atoms with E-state index in [2.05, 4.69) is 20.6 Å². The van der Waals surface area contributed by atoms with Crippen LogP contribution in [0.1, 0.15) is 36.2 Å². The number of pyridine rings is 1. The minimum atomic E-state index is -0.774. The normalized spacial score (nSPS) is 17.4. The number of aryl methyl sites for hydroxylation is 2. The number of carbonyl (C=O) groups excluding carboxylic acids is 1. The third-order valence-electron chi connectivity index (χ3n) is 5.86. The van der Waals surface area contributed by atoms with Crippen LogP contribution in [0.2, 0.25) is 0 Å². The van der Waals surface area contributed by atoms with Crippen molar-refractivity contribution in [3.63, 3.8) is 0 Å². The Morgan fingerprint density at radius 2 is 1.97 bits per heavy atom. The second-order valence-electron chi connectivity index (χ2n) is 8.29. The Morgan fingerprint density at radius 1 is 1.18 bits per heavy atom. The molecule has 0 saturated heterocycles. The van der Waals surface area contributed by atoms with Crippen LogP contribution in [0.5, 0.6) is 5.75 Å². The summed E-state index contributed by atoms with van der Waals surface area (Å²) in [7, 11) is 1.74. The Hall–Kier alpha value is -3.95. The van der Waals surface area contributed by atoms with Crippen LogP contribution in [-0.2, 0) is 29.7 Å². The lowest BCUT2D eigenvalue weighted by Crippen LogP contribution is -2.25. The number of carbonyl (C=O) groups is 2. The van der Waals surface area contributed by atoms with Gasteiger partial charge in [-0.3, -0.25) is 4.79 Å². The number of nitrogens with zero attached hydrogens (tertiary/aromatic N) is 4. The lowest BCUT2D eigenvalue weighted by molar-refractivity contribution is -0.141. The van der Waals surface area contributed by atoms with Crippen LogP contribution in [0.4, 0.5) is 4.79 Å². The third kappa shape index (κ3) is 5.51. The molecular formula is C24H27N5O5. The average molecular weight is 466 g/mol. The van der Waals surface area contributed by atoms with Gasteiger partial charge in [-0.1, -0.05) is 35.5 Å². The van der Waals surface area contributed by atoms with E-state index in [0.29, 0.717) is 47.8 Å². The van der Waals surface area contributed by atoms with E-state index in [1.54, 1.807) is 17.8 Å². The Bertz CT molecular complexity index is 1160. The molecule has 2 N–H and O–H groups in total. The first kappa shape index (κ1) is 23.2. The van der Waals surface area contributed by atoms with Gasteiger partial charge in [-0.25, -0.2) is 14.5 Å². The monoisotopic (exact) mass is 465 g/mol. The zero-order valence-corrected chi connectivity index (χ0v) is 19.1. The number of aliphatic carboxylic acids is 1. The van der Waals surface area contributed by atoms with Crippen molar-refractivity contribution in [2.75, 3.05) is 0 Å². The Morgan fingerprint density at radius 3 is 2.68 bits per heavy atom. The van der Waals surface area contributed by atoms with E-state index in [1.807, 2.05) is 43.3 Å². The predicted octanol–water partition coefficient (Wildman–Crippen LogP) is 3.24. The molecule has 178 valence electrons. The SMILES string of the molecule is Cc1nc(-c2nnn(C)c2CNC(=O)OCc2ccccc2)ccc1O[C@H]1CCC(C(=O)O)C1. The molecule has 3 aromatic rings. The molecule has 2 atom stereocenters. The fourth-order valence-electron chi connectivity index (χ4n) is 3.96. The van der Waals surface area contributed by atoms with Gasteiger partial charge in [-0.2, -0.15) is 0 Å². The van der Waals surface area contributed by atoms with Crippen LogP contribution < -0.4 is 10.1 Å². The summed E-state index contributed by atoms with van der Waals surface area (Å²) in [6.45, 7) is 2.18. The van der Waals surface area contributed by atoms with E-state index < -0.39 is 12.1 Å². The van der Waals surface area contributed by atoms with Crippen molar-refractivity contribution in [2.24, 2.45) is 13.0 Å². The third-order valence-corrected chi connectivity index (χ3v) is 5.86. The molecule has 1 aliphatic carbocycles. The lowest BCUT2D eigenvalue weighted by atomic mass is 10.1. The van der Waals surface area contributed by atoms with Crippen molar-refractivity contribution >= 4 is 12.1 Å². The molecule has 10 heteroatoms. The standard InChI is InChI=1S/C24H27N5O5/c1-15-21(34-18-9-8-17(12-18)23(30)31)11-10-19(26-15)22-20(29(2)28-27-22)13-25-24(32)33-14-16-6-4-3-5-7-16/h3-7,10-11,17-18H,8-9,12-14H2,1-2H3,(H,25,32)(H,30,31)/t17?,18-/m0/s1. The molecule has 0 spiro atoms. The van der Waals surface area contributed by atoms with Crippen LogP contribution in [-0.4, -0.2) is 43.3 Å². The zero-order valence-electron chi connectivity index (χ0n) is 19.1. The van der Waals surface area contributed by atoms with Crippen molar-refractivity contribution in [2.45, 2.75) is 45.4 Å². The first-order valence-corrected chi connectivity index (χ1v) is 11.1. The molecule has 10 nitrogen and oxygen atoms in total. The molecule has 0 aliphatic heterocycles. The van der Waals surface area contributed by atoms with Crippen molar-refractivity contribution in [3.8, 4) is 17.1 Å². The number of nitrogens with one attached hydrogen (secondary N) is 1. The van der Waals surface area contributed by atoms with Crippen LogP contribution in [0.15, 0.2) is 42.5 Å². The highest BCUT2D eigenvalue weighted by molar-refractivity contribution is 5.70. The number of benzene rings is 1. The summed E-state index contributed by atoms with van der Waals surface area (Å²) in [5.41, 5.74) is 3.40. The van der Waals surface area contributed by atoms with Crippen molar-refractivity contribution in [3.05, 3.63) is 59.4 Å². The number of ether oxygens (including phenoxy) is 2. The topological polar surface area (TPSA) is 128 Å². The summed E-state index contributed by atoms with van der Waals surface area (Å²) in [6.07, 6.45) is 1.15. The highest BCUT2D eigenvalue weighted by Crippen LogP contribution is 2.31. The van der Waals surface area contributed by atoms with Crippen molar-refractivity contribution < 1.29 is 24.2 Å². The molecule has 1 aromatic carbocycles. The predicted molar refractivity (Wildman–Crippen MR) is 122 cm³/mol. The average Bonchev–Trinajstić information content (AvgIpc) is 3.45. The molecule has 34 heavy (non-hydrogen) atoms. The summed E-state index contributed by atoms with van der Waals surface area (Å²) in [5, 5.41) is 20.2. The fraction of sp³-hybridized carbons (Fsp3) is 0.375. The quantitative estimate of drug-likeness (QED) is 0.519. The van der Waals surface area contributed by atoms with Gasteiger partial charge in [-0.15, -0.1) is 5.10 Å². The van der Waals surface area contributed by atoms with Gasteiger partial charge in [0.2, 0.25) is 0 Å². The fourth-order valence-corrected chi connectivity index (χ4v) is 3.96. The molecule has 1 amide bonds. The maximum absolute atomic E-state index is 12.1.